The van der Waals surface area contributed by atoms with Gasteiger partial charge in [-0.15, -0.1) is 0 Å². The van der Waals surface area contributed by atoms with E-state index in [1.807, 2.05) is 43.3 Å². The van der Waals surface area contributed by atoms with E-state index in [9.17, 15) is 13.2 Å². The highest BCUT2D eigenvalue weighted by atomic mass is 32.2. The van der Waals surface area contributed by atoms with Crippen LogP contribution in [0.25, 0.3) is 0 Å². The number of fused-ring (bicyclic) bond motifs is 1. The predicted molar refractivity (Wildman–Crippen MR) is 107 cm³/mol. The van der Waals surface area contributed by atoms with Gasteiger partial charge in [0.15, 0.2) is 11.5 Å². The fourth-order valence-electron chi connectivity index (χ4n) is 2.99. The number of benzene rings is 2. The van der Waals surface area contributed by atoms with Gasteiger partial charge in [-0.2, -0.15) is 0 Å². The largest absolute Gasteiger partial charge is 0.454 e. The van der Waals surface area contributed by atoms with Crippen LogP contribution in [0.3, 0.4) is 0 Å². The molecule has 1 N–H and O–H groups in total. The summed E-state index contributed by atoms with van der Waals surface area (Å²) in [5, 5.41) is 2.85. The van der Waals surface area contributed by atoms with Gasteiger partial charge >= 0.3 is 0 Å². The first-order valence-corrected chi connectivity index (χ1v) is 10.9. The van der Waals surface area contributed by atoms with Crippen molar-refractivity contribution in [3.8, 4) is 11.5 Å². The van der Waals surface area contributed by atoms with Crippen molar-refractivity contribution in [2.75, 3.05) is 23.9 Å². The summed E-state index contributed by atoms with van der Waals surface area (Å²) in [7, 11) is -3.42. The number of carbonyl (C=O) groups excluding carboxylic acids is 1. The number of sulfonamides is 1. The van der Waals surface area contributed by atoms with Gasteiger partial charge in [-0.25, -0.2) is 8.42 Å². The highest BCUT2D eigenvalue weighted by molar-refractivity contribution is 7.92. The molecule has 1 heterocycles. The molecule has 150 valence electrons. The number of aryl methyl sites for hydroxylation is 1. The molecule has 0 fully saturated rings. The van der Waals surface area contributed by atoms with Gasteiger partial charge in [-0.05, 0) is 48.7 Å². The fraction of sp³-hybridized carbons (Fsp3) is 0.350. The van der Waals surface area contributed by atoms with E-state index in [0.29, 0.717) is 30.2 Å². The lowest BCUT2D eigenvalue weighted by Crippen LogP contribution is -2.32. The van der Waals surface area contributed by atoms with Crippen molar-refractivity contribution >= 4 is 21.6 Å². The van der Waals surface area contributed by atoms with Gasteiger partial charge in [-0.3, -0.25) is 9.10 Å². The highest BCUT2D eigenvalue weighted by Crippen LogP contribution is 2.32. The molecule has 2 aromatic carbocycles. The van der Waals surface area contributed by atoms with Crippen LogP contribution < -0.4 is 19.1 Å². The second-order valence-corrected chi connectivity index (χ2v) is 8.65. The molecule has 1 aliphatic rings. The molecule has 0 atom stereocenters. The molecule has 0 radical (unpaired) electrons. The maximum absolute atomic E-state index is 12.1. The first-order valence-electron chi connectivity index (χ1n) is 9.02. The SMILES string of the molecule is Cc1cccc(N(CCCC(=O)NCc2ccc3c(c2)OCO3)S(C)(=O)=O)c1. The van der Waals surface area contributed by atoms with Crippen LogP contribution in [0, 0.1) is 6.92 Å². The zero-order valence-electron chi connectivity index (χ0n) is 16.0. The smallest absolute Gasteiger partial charge is 0.232 e. The molecule has 0 unspecified atom stereocenters. The Morgan fingerprint density at radius 1 is 1.14 bits per heavy atom. The van der Waals surface area contributed by atoms with Gasteiger partial charge < -0.3 is 14.8 Å². The number of hydrogen-bond donors (Lipinski definition) is 1. The molecule has 0 saturated heterocycles. The number of anilines is 1. The number of hydrogen-bond acceptors (Lipinski definition) is 5. The Balaban J connectivity index is 1.50. The summed E-state index contributed by atoms with van der Waals surface area (Å²) in [6.07, 6.45) is 1.84. The van der Waals surface area contributed by atoms with E-state index >= 15 is 0 Å². The van der Waals surface area contributed by atoms with Crippen molar-refractivity contribution in [1.29, 1.82) is 0 Å². The molecular formula is C20H24N2O5S. The molecule has 1 amide bonds. The highest BCUT2D eigenvalue weighted by Gasteiger charge is 2.18. The third-order valence-corrected chi connectivity index (χ3v) is 5.58. The summed E-state index contributed by atoms with van der Waals surface area (Å²) in [5.74, 6) is 1.25. The molecule has 0 bridgehead atoms. The van der Waals surface area contributed by atoms with E-state index in [1.165, 1.54) is 10.6 Å². The molecule has 0 aromatic heterocycles. The van der Waals surface area contributed by atoms with Crippen molar-refractivity contribution in [2.24, 2.45) is 0 Å². The lowest BCUT2D eigenvalue weighted by molar-refractivity contribution is -0.121. The third kappa shape index (κ3) is 5.16. The number of rotatable bonds is 8. The zero-order valence-corrected chi connectivity index (χ0v) is 16.8. The maximum Gasteiger partial charge on any atom is 0.232 e. The second kappa shape index (κ2) is 8.52. The van der Waals surface area contributed by atoms with Crippen LogP contribution in [-0.2, 0) is 21.4 Å². The van der Waals surface area contributed by atoms with Gasteiger partial charge in [0.2, 0.25) is 22.7 Å². The Hall–Kier alpha value is -2.74. The molecule has 8 heteroatoms. The van der Waals surface area contributed by atoms with E-state index in [0.717, 1.165) is 11.1 Å². The molecule has 28 heavy (non-hydrogen) atoms. The summed E-state index contributed by atoms with van der Waals surface area (Å²) in [5.41, 5.74) is 2.51. The Bertz CT molecular complexity index is 959. The fourth-order valence-corrected chi connectivity index (χ4v) is 3.95. The van der Waals surface area contributed by atoms with Crippen LogP contribution in [0.1, 0.15) is 24.0 Å². The average Bonchev–Trinajstić information content (AvgIpc) is 3.10. The Morgan fingerprint density at radius 3 is 2.68 bits per heavy atom. The molecule has 0 saturated carbocycles. The van der Waals surface area contributed by atoms with Crippen molar-refractivity contribution < 1.29 is 22.7 Å². The number of ether oxygens (including phenoxy) is 2. The van der Waals surface area contributed by atoms with E-state index in [4.69, 9.17) is 9.47 Å². The van der Waals surface area contributed by atoms with Gasteiger partial charge in [-0.1, -0.05) is 18.2 Å². The van der Waals surface area contributed by atoms with Crippen molar-refractivity contribution in [3.63, 3.8) is 0 Å². The summed E-state index contributed by atoms with van der Waals surface area (Å²) in [4.78, 5) is 12.1. The quantitative estimate of drug-likeness (QED) is 0.731. The van der Waals surface area contributed by atoms with E-state index < -0.39 is 10.0 Å². The topological polar surface area (TPSA) is 84.9 Å². The van der Waals surface area contributed by atoms with Gasteiger partial charge in [0, 0.05) is 19.5 Å². The summed E-state index contributed by atoms with van der Waals surface area (Å²) < 4.78 is 36.2. The molecular weight excluding hydrogens is 380 g/mol. The van der Waals surface area contributed by atoms with Crippen molar-refractivity contribution in [2.45, 2.75) is 26.3 Å². The lowest BCUT2D eigenvalue weighted by atomic mass is 10.2. The van der Waals surface area contributed by atoms with Crippen LogP contribution in [0.15, 0.2) is 42.5 Å². The maximum atomic E-state index is 12.1. The zero-order chi connectivity index (χ0) is 20.1. The van der Waals surface area contributed by atoms with Crippen LogP contribution in [0.4, 0.5) is 5.69 Å². The molecule has 7 nitrogen and oxygen atoms in total. The summed E-state index contributed by atoms with van der Waals surface area (Å²) in [6.45, 7) is 2.75. The van der Waals surface area contributed by atoms with E-state index in [-0.39, 0.29) is 25.7 Å². The summed E-state index contributed by atoms with van der Waals surface area (Å²) in [6, 6.07) is 12.8. The average molecular weight is 404 g/mol. The van der Waals surface area contributed by atoms with Crippen LogP contribution in [-0.4, -0.2) is 33.9 Å². The monoisotopic (exact) mass is 404 g/mol. The lowest BCUT2D eigenvalue weighted by Gasteiger charge is -2.22. The number of nitrogens with zero attached hydrogens (tertiary/aromatic N) is 1. The van der Waals surface area contributed by atoms with E-state index in [1.54, 1.807) is 6.07 Å². The standard InChI is InChI=1S/C20H24N2O5S/c1-15-5-3-6-17(11-15)22(28(2,24)25)10-4-7-20(23)21-13-16-8-9-18-19(12-16)27-14-26-18/h3,5-6,8-9,11-12H,4,7,10,13-14H2,1-2H3,(H,21,23). The number of amides is 1. The van der Waals surface area contributed by atoms with Crippen LogP contribution in [0.2, 0.25) is 0 Å². The summed E-state index contributed by atoms with van der Waals surface area (Å²) >= 11 is 0. The Kier molecular flexibility index (Phi) is 6.08. The van der Waals surface area contributed by atoms with Crippen LogP contribution in [0.5, 0.6) is 11.5 Å². The second-order valence-electron chi connectivity index (χ2n) is 6.74. The molecule has 0 aliphatic carbocycles. The minimum absolute atomic E-state index is 0.129. The minimum Gasteiger partial charge on any atom is -0.454 e. The van der Waals surface area contributed by atoms with Gasteiger partial charge in [0.25, 0.3) is 0 Å². The van der Waals surface area contributed by atoms with Crippen LogP contribution >= 0.6 is 0 Å². The molecule has 0 spiro atoms. The van der Waals surface area contributed by atoms with Gasteiger partial charge in [0.05, 0.1) is 11.9 Å². The normalized spacial score (nSPS) is 12.6. The molecule has 1 aliphatic heterocycles. The Labute approximate surface area is 165 Å². The first kappa shape index (κ1) is 20.0. The number of nitrogens with one attached hydrogen (secondary N) is 1. The van der Waals surface area contributed by atoms with Crippen molar-refractivity contribution in [3.05, 3.63) is 53.6 Å². The molecule has 2 aromatic rings. The van der Waals surface area contributed by atoms with E-state index in [2.05, 4.69) is 5.32 Å². The minimum atomic E-state index is -3.42. The third-order valence-electron chi connectivity index (χ3n) is 4.38. The van der Waals surface area contributed by atoms with Gasteiger partial charge in [0.1, 0.15) is 0 Å². The first-order chi connectivity index (χ1) is 13.3. The predicted octanol–water partition coefficient (Wildman–Crippen LogP) is 2.59. The Morgan fingerprint density at radius 2 is 1.93 bits per heavy atom. The molecule has 3 rings (SSSR count). The van der Waals surface area contributed by atoms with Crippen molar-refractivity contribution in [1.82, 2.24) is 5.32 Å². The number of carbonyl (C=O) groups is 1.